The average Bonchev–Trinajstić information content (AvgIpc) is 2.31. The van der Waals surface area contributed by atoms with Crippen LogP contribution in [0.15, 0.2) is 66.5 Å². The van der Waals surface area contributed by atoms with Gasteiger partial charge in [-0.15, -0.1) is 0 Å². The van der Waals surface area contributed by atoms with Gasteiger partial charge >= 0.3 is 0 Å². The summed E-state index contributed by atoms with van der Waals surface area (Å²) >= 11 is 0. The van der Waals surface area contributed by atoms with Crippen molar-refractivity contribution >= 4 is 0 Å². The highest BCUT2D eigenvalue weighted by Crippen LogP contribution is 2.13. The van der Waals surface area contributed by atoms with Crippen molar-refractivity contribution in [3.8, 4) is 5.75 Å². The van der Waals surface area contributed by atoms with Crippen LogP contribution in [0, 0.1) is 0 Å². The average molecular weight is 214 g/mol. The van der Waals surface area contributed by atoms with Gasteiger partial charge in [0.05, 0.1) is 0 Å². The van der Waals surface area contributed by atoms with E-state index in [-0.39, 0.29) is 0 Å². The normalized spacial score (nSPS) is 11.8. The van der Waals surface area contributed by atoms with Crippen molar-refractivity contribution in [3.05, 3.63) is 66.5 Å². The van der Waals surface area contributed by atoms with Gasteiger partial charge in [-0.25, -0.2) is 0 Å². The van der Waals surface area contributed by atoms with Crippen LogP contribution in [-0.4, -0.2) is 0 Å². The second-order valence-electron chi connectivity index (χ2n) is 3.43. The summed E-state index contributed by atoms with van der Waals surface area (Å²) in [6, 6.07) is 9.66. The molecular formula is C15H18O. The second-order valence-corrected chi connectivity index (χ2v) is 3.43. The van der Waals surface area contributed by atoms with Gasteiger partial charge in [-0.05, 0) is 31.6 Å². The first-order valence-electron chi connectivity index (χ1n) is 5.51. The van der Waals surface area contributed by atoms with Crippen molar-refractivity contribution in [3.63, 3.8) is 0 Å². The standard InChI is InChI=1S/C15H18O/c1-4-14(5-2)12-11-13(3)16-15-9-7-6-8-10-15/h4,6-12H,3,5H2,1-2H3/b12-11-,14-4-. The molecule has 0 N–H and O–H groups in total. The van der Waals surface area contributed by atoms with E-state index in [0.717, 1.165) is 12.2 Å². The lowest BCUT2D eigenvalue weighted by molar-refractivity contribution is 0.447. The summed E-state index contributed by atoms with van der Waals surface area (Å²) in [6.07, 6.45) is 7.04. The molecule has 0 aliphatic rings. The minimum atomic E-state index is 0.652. The van der Waals surface area contributed by atoms with Crippen LogP contribution in [0.3, 0.4) is 0 Å². The molecule has 0 saturated heterocycles. The summed E-state index contributed by atoms with van der Waals surface area (Å²) in [7, 11) is 0. The summed E-state index contributed by atoms with van der Waals surface area (Å²) in [5.41, 5.74) is 1.28. The molecule has 0 radical (unpaired) electrons. The molecule has 0 aliphatic heterocycles. The smallest absolute Gasteiger partial charge is 0.127 e. The Balaban J connectivity index is 2.55. The van der Waals surface area contributed by atoms with Crippen LogP contribution in [0.1, 0.15) is 20.3 Å². The predicted octanol–water partition coefficient (Wildman–Crippen LogP) is 4.49. The number of allylic oxidation sites excluding steroid dienone is 4. The monoisotopic (exact) mass is 214 g/mol. The first kappa shape index (κ1) is 12.3. The van der Waals surface area contributed by atoms with Gasteiger partial charge in [-0.1, -0.05) is 49.4 Å². The third-order valence-corrected chi connectivity index (χ3v) is 2.25. The molecule has 1 nitrogen and oxygen atoms in total. The molecule has 0 fully saturated rings. The number of para-hydroxylation sites is 1. The lowest BCUT2D eigenvalue weighted by Gasteiger charge is -2.04. The molecule has 0 bridgehead atoms. The number of ether oxygens (including phenoxy) is 1. The molecule has 0 aliphatic carbocycles. The third-order valence-electron chi connectivity index (χ3n) is 2.25. The highest BCUT2D eigenvalue weighted by Gasteiger charge is 1.93. The molecule has 0 atom stereocenters. The maximum atomic E-state index is 5.55. The number of benzene rings is 1. The second kappa shape index (κ2) is 6.67. The zero-order valence-electron chi connectivity index (χ0n) is 9.94. The van der Waals surface area contributed by atoms with E-state index >= 15 is 0 Å². The van der Waals surface area contributed by atoms with Crippen LogP contribution in [0.2, 0.25) is 0 Å². The van der Waals surface area contributed by atoms with E-state index in [1.54, 1.807) is 0 Å². The number of rotatable bonds is 5. The Bertz CT molecular complexity index is 385. The van der Waals surface area contributed by atoms with Crippen molar-refractivity contribution < 1.29 is 4.74 Å². The lowest BCUT2D eigenvalue weighted by Crippen LogP contribution is -1.89. The van der Waals surface area contributed by atoms with Crippen LogP contribution in [0.25, 0.3) is 0 Å². The van der Waals surface area contributed by atoms with Gasteiger partial charge in [0.1, 0.15) is 11.5 Å². The van der Waals surface area contributed by atoms with Crippen molar-refractivity contribution in [2.75, 3.05) is 0 Å². The van der Waals surface area contributed by atoms with Crippen molar-refractivity contribution in [2.24, 2.45) is 0 Å². The Morgan fingerprint density at radius 2 is 1.94 bits per heavy atom. The Labute approximate surface area is 97.8 Å². The van der Waals surface area contributed by atoms with Gasteiger partial charge in [0.25, 0.3) is 0 Å². The fourth-order valence-electron chi connectivity index (χ4n) is 1.29. The third kappa shape index (κ3) is 4.18. The molecule has 0 unspecified atom stereocenters. The lowest BCUT2D eigenvalue weighted by atomic mass is 10.2. The number of hydrogen-bond donors (Lipinski definition) is 0. The Kier molecular flexibility index (Phi) is 5.13. The van der Waals surface area contributed by atoms with Gasteiger partial charge in [-0.2, -0.15) is 0 Å². The van der Waals surface area contributed by atoms with Crippen molar-refractivity contribution in [1.29, 1.82) is 0 Å². The minimum absolute atomic E-state index is 0.652. The van der Waals surface area contributed by atoms with Crippen molar-refractivity contribution in [2.45, 2.75) is 20.3 Å². The van der Waals surface area contributed by atoms with Crippen LogP contribution >= 0.6 is 0 Å². The highest BCUT2D eigenvalue weighted by molar-refractivity contribution is 5.28. The predicted molar refractivity (Wildman–Crippen MR) is 69.4 cm³/mol. The van der Waals surface area contributed by atoms with Gasteiger partial charge in [0.2, 0.25) is 0 Å². The molecule has 0 amide bonds. The van der Waals surface area contributed by atoms with Gasteiger partial charge in [0.15, 0.2) is 0 Å². The van der Waals surface area contributed by atoms with E-state index < -0.39 is 0 Å². The van der Waals surface area contributed by atoms with E-state index in [2.05, 4.69) is 19.6 Å². The maximum Gasteiger partial charge on any atom is 0.127 e. The fourth-order valence-corrected chi connectivity index (χ4v) is 1.29. The molecule has 1 aromatic carbocycles. The van der Waals surface area contributed by atoms with E-state index in [0.29, 0.717) is 5.76 Å². The number of hydrogen-bond acceptors (Lipinski definition) is 1. The molecule has 1 heteroatoms. The van der Waals surface area contributed by atoms with Gasteiger partial charge < -0.3 is 4.74 Å². The first-order valence-corrected chi connectivity index (χ1v) is 5.51. The zero-order chi connectivity index (χ0) is 11.8. The summed E-state index contributed by atoms with van der Waals surface area (Å²) < 4.78 is 5.55. The summed E-state index contributed by atoms with van der Waals surface area (Å²) in [6.45, 7) is 8.01. The molecule has 1 aromatic rings. The molecule has 0 spiro atoms. The molecule has 0 heterocycles. The highest BCUT2D eigenvalue weighted by atomic mass is 16.5. The summed E-state index contributed by atoms with van der Waals surface area (Å²) in [4.78, 5) is 0. The van der Waals surface area contributed by atoms with E-state index in [9.17, 15) is 0 Å². The summed E-state index contributed by atoms with van der Waals surface area (Å²) in [5.74, 6) is 1.47. The molecule has 0 aromatic heterocycles. The molecule has 0 saturated carbocycles. The summed E-state index contributed by atoms with van der Waals surface area (Å²) in [5, 5.41) is 0. The van der Waals surface area contributed by atoms with Crippen LogP contribution in [-0.2, 0) is 0 Å². The fraction of sp³-hybridized carbons (Fsp3) is 0.200. The largest absolute Gasteiger partial charge is 0.458 e. The quantitative estimate of drug-likeness (QED) is 0.518. The van der Waals surface area contributed by atoms with Crippen LogP contribution < -0.4 is 4.74 Å². The molecule has 1 rings (SSSR count). The minimum Gasteiger partial charge on any atom is -0.458 e. The first-order chi connectivity index (χ1) is 7.76. The maximum absolute atomic E-state index is 5.55. The molecular weight excluding hydrogens is 196 g/mol. The van der Waals surface area contributed by atoms with Crippen LogP contribution in [0.4, 0.5) is 0 Å². The Hall–Kier alpha value is -1.76. The van der Waals surface area contributed by atoms with E-state index in [1.807, 2.05) is 49.4 Å². The van der Waals surface area contributed by atoms with Crippen LogP contribution in [0.5, 0.6) is 5.75 Å². The Morgan fingerprint density at radius 1 is 1.25 bits per heavy atom. The van der Waals surface area contributed by atoms with E-state index in [1.165, 1.54) is 5.57 Å². The SMILES string of the molecule is C=C(/C=C\C(=C/C)CC)Oc1ccccc1. The van der Waals surface area contributed by atoms with Gasteiger partial charge in [0, 0.05) is 0 Å². The molecule has 16 heavy (non-hydrogen) atoms. The van der Waals surface area contributed by atoms with Crippen molar-refractivity contribution in [1.82, 2.24) is 0 Å². The van der Waals surface area contributed by atoms with Gasteiger partial charge in [-0.3, -0.25) is 0 Å². The topological polar surface area (TPSA) is 9.23 Å². The van der Waals surface area contributed by atoms with E-state index in [4.69, 9.17) is 4.74 Å². The zero-order valence-corrected chi connectivity index (χ0v) is 9.94. The Morgan fingerprint density at radius 3 is 2.50 bits per heavy atom. The molecule has 84 valence electrons.